The minimum absolute atomic E-state index is 0.218. The maximum atomic E-state index is 11.0. The average molecular weight is 320 g/mol. The molecule has 2 aromatic carbocycles. The predicted octanol–water partition coefficient (Wildman–Crippen LogP) is 3.94. The van der Waals surface area contributed by atoms with Crippen molar-refractivity contribution in [3.05, 3.63) is 77.6 Å². The molecule has 120 valence electrons. The third-order valence-electron chi connectivity index (χ3n) is 3.69. The molecule has 0 radical (unpaired) electrons. The van der Waals surface area contributed by atoms with Gasteiger partial charge >= 0.3 is 5.97 Å². The normalized spacial score (nSPS) is 11.0. The van der Waals surface area contributed by atoms with Crippen LogP contribution in [0.15, 0.2) is 65.8 Å². The van der Waals surface area contributed by atoms with Crippen LogP contribution in [-0.4, -0.2) is 27.0 Å². The molecule has 1 heterocycles. The van der Waals surface area contributed by atoms with E-state index in [1.807, 2.05) is 42.0 Å². The summed E-state index contributed by atoms with van der Waals surface area (Å²) in [6, 6.07) is 15.6. The maximum Gasteiger partial charge on any atom is 0.335 e. The van der Waals surface area contributed by atoms with Crippen LogP contribution in [0.25, 0.3) is 5.69 Å². The Labute approximate surface area is 139 Å². The van der Waals surface area contributed by atoms with Crippen molar-refractivity contribution >= 4 is 17.9 Å². The number of aryl methyl sites for hydroxylation is 1. The summed E-state index contributed by atoms with van der Waals surface area (Å²) >= 11 is 0. The van der Waals surface area contributed by atoms with Crippen LogP contribution in [0.2, 0.25) is 0 Å². The van der Waals surface area contributed by atoms with E-state index in [1.54, 1.807) is 36.5 Å². The van der Waals surface area contributed by atoms with Crippen molar-refractivity contribution in [3.8, 4) is 11.4 Å². The number of aromatic nitrogens is 1. The van der Waals surface area contributed by atoms with Crippen LogP contribution in [0.3, 0.4) is 0 Å². The number of aromatic hydroxyl groups is 1. The number of hydrogen-bond donors (Lipinski definition) is 2. The second-order valence-corrected chi connectivity index (χ2v) is 5.38. The lowest BCUT2D eigenvalue weighted by molar-refractivity contribution is 0.0697. The van der Waals surface area contributed by atoms with E-state index in [9.17, 15) is 9.90 Å². The van der Waals surface area contributed by atoms with Crippen molar-refractivity contribution in [2.75, 3.05) is 0 Å². The van der Waals surface area contributed by atoms with Gasteiger partial charge in [-0.15, -0.1) is 0 Å². The Balaban J connectivity index is 1.90. The lowest BCUT2D eigenvalue weighted by Crippen LogP contribution is -1.98. The third-order valence-corrected chi connectivity index (χ3v) is 3.69. The summed E-state index contributed by atoms with van der Waals surface area (Å²) in [4.78, 5) is 15.4. The van der Waals surface area contributed by atoms with Gasteiger partial charge in [-0.05, 0) is 67.1 Å². The van der Waals surface area contributed by atoms with Crippen LogP contribution < -0.4 is 0 Å². The standard InChI is InChI=1S/C19H16N2O3/c1-13-11-14(19(23)24)4-9-18(13)20-12-16-3-2-10-21(16)15-5-7-17(22)8-6-15/h2-12,22H,1H3,(H,23,24). The smallest absolute Gasteiger partial charge is 0.335 e. The topological polar surface area (TPSA) is 74.8 Å². The van der Waals surface area contributed by atoms with Crippen molar-refractivity contribution in [1.29, 1.82) is 0 Å². The van der Waals surface area contributed by atoms with E-state index in [0.29, 0.717) is 0 Å². The van der Waals surface area contributed by atoms with Gasteiger partial charge in [0.1, 0.15) is 5.75 Å². The fourth-order valence-electron chi connectivity index (χ4n) is 2.42. The molecule has 2 N–H and O–H groups in total. The molecule has 0 bridgehead atoms. The van der Waals surface area contributed by atoms with Crippen molar-refractivity contribution in [3.63, 3.8) is 0 Å². The van der Waals surface area contributed by atoms with Crippen LogP contribution in [0, 0.1) is 6.92 Å². The van der Waals surface area contributed by atoms with Crippen LogP contribution in [-0.2, 0) is 0 Å². The molecule has 0 saturated heterocycles. The third kappa shape index (κ3) is 3.20. The summed E-state index contributed by atoms with van der Waals surface area (Å²) in [5.41, 5.74) is 3.56. The molecule has 0 aliphatic rings. The zero-order valence-corrected chi connectivity index (χ0v) is 13.0. The first-order chi connectivity index (χ1) is 11.5. The highest BCUT2D eigenvalue weighted by molar-refractivity contribution is 5.89. The van der Waals surface area contributed by atoms with Crippen LogP contribution in [0.5, 0.6) is 5.75 Å². The molecule has 3 aromatic rings. The number of rotatable bonds is 4. The van der Waals surface area contributed by atoms with Crippen LogP contribution in [0.4, 0.5) is 5.69 Å². The van der Waals surface area contributed by atoms with Crippen molar-refractivity contribution < 1.29 is 15.0 Å². The number of carbonyl (C=O) groups is 1. The van der Waals surface area contributed by atoms with Crippen molar-refractivity contribution in [2.45, 2.75) is 6.92 Å². The Hall–Kier alpha value is -3.34. The first kappa shape index (κ1) is 15.6. The highest BCUT2D eigenvalue weighted by Gasteiger charge is 2.05. The number of aromatic carboxylic acids is 1. The number of nitrogens with zero attached hydrogens (tertiary/aromatic N) is 2. The summed E-state index contributed by atoms with van der Waals surface area (Å²) in [6.45, 7) is 1.83. The molecule has 3 rings (SSSR count). The van der Waals surface area contributed by atoms with Gasteiger partial charge in [0.25, 0.3) is 0 Å². The number of phenols is 1. The molecule has 0 fully saturated rings. The van der Waals surface area contributed by atoms with Gasteiger partial charge in [0, 0.05) is 11.9 Å². The molecule has 0 saturated carbocycles. The summed E-state index contributed by atoms with van der Waals surface area (Å²) in [5, 5.41) is 18.4. The van der Waals surface area contributed by atoms with E-state index in [1.165, 1.54) is 0 Å². The lowest BCUT2D eigenvalue weighted by atomic mass is 10.1. The molecule has 5 heteroatoms. The number of benzene rings is 2. The predicted molar refractivity (Wildman–Crippen MR) is 92.8 cm³/mol. The fraction of sp³-hybridized carbons (Fsp3) is 0.0526. The SMILES string of the molecule is Cc1cc(C(=O)O)ccc1N=Cc1cccn1-c1ccc(O)cc1. The summed E-state index contributed by atoms with van der Waals surface area (Å²) in [5.74, 6) is -0.731. The Morgan fingerprint density at radius 3 is 2.54 bits per heavy atom. The monoisotopic (exact) mass is 320 g/mol. The van der Waals surface area contributed by atoms with E-state index in [4.69, 9.17) is 5.11 Å². The van der Waals surface area contributed by atoms with Gasteiger partial charge in [-0.1, -0.05) is 0 Å². The Morgan fingerprint density at radius 1 is 1.12 bits per heavy atom. The number of carboxylic acids is 1. The molecular weight excluding hydrogens is 304 g/mol. The fourth-order valence-corrected chi connectivity index (χ4v) is 2.42. The highest BCUT2D eigenvalue weighted by Crippen LogP contribution is 2.21. The highest BCUT2D eigenvalue weighted by atomic mass is 16.4. The van der Waals surface area contributed by atoms with Crippen LogP contribution >= 0.6 is 0 Å². The molecule has 0 atom stereocenters. The quantitative estimate of drug-likeness (QED) is 0.715. The second kappa shape index (κ2) is 6.42. The van der Waals surface area contributed by atoms with E-state index in [2.05, 4.69) is 4.99 Å². The summed E-state index contributed by atoms with van der Waals surface area (Å²) < 4.78 is 1.95. The van der Waals surface area contributed by atoms with E-state index < -0.39 is 5.97 Å². The molecule has 0 spiro atoms. The summed E-state index contributed by atoms with van der Waals surface area (Å²) in [6.07, 6.45) is 3.64. The minimum atomic E-state index is -0.949. The summed E-state index contributed by atoms with van der Waals surface area (Å²) in [7, 11) is 0. The average Bonchev–Trinajstić information content (AvgIpc) is 3.02. The number of aliphatic imine (C=N–C) groups is 1. The molecule has 0 aliphatic carbocycles. The van der Waals surface area contributed by atoms with Crippen molar-refractivity contribution in [1.82, 2.24) is 4.57 Å². The molecule has 24 heavy (non-hydrogen) atoms. The molecule has 0 aliphatic heterocycles. The van der Waals surface area contributed by atoms with E-state index >= 15 is 0 Å². The van der Waals surface area contributed by atoms with Gasteiger partial charge in [0.2, 0.25) is 0 Å². The van der Waals surface area contributed by atoms with Gasteiger partial charge in [0.05, 0.1) is 23.2 Å². The Bertz CT molecular complexity index is 909. The lowest BCUT2D eigenvalue weighted by Gasteiger charge is -2.06. The maximum absolute atomic E-state index is 11.0. The van der Waals surface area contributed by atoms with Gasteiger partial charge in [-0.2, -0.15) is 0 Å². The number of phenolic OH excluding ortho intramolecular Hbond substituents is 1. The molecule has 0 amide bonds. The van der Waals surface area contributed by atoms with Gasteiger partial charge < -0.3 is 14.8 Å². The molecule has 0 unspecified atom stereocenters. The molecular formula is C19H16N2O3. The van der Waals surface area contributed by atoms with Gasteiger partial charge in [-0.25, -0.2) is 4.79 Å². The first-order valence-electron chi connectivity index (χ1n) is 7.39. The first-order valence-corrected chi connectivity index (χ1v) is 7.39. The minimum Gasteiger partial charge on any atom is -0.508 e. The number of hydrogen-bond acceptors (Lipinski definition) is 3. The van der Waals surface area contributed by atoms with Gasteiger partial charge in [-0.3, -0.25) is 4.99 Å². The zero-order valence-electron chi connectivity index (χ0n) is 13.0. The second-order valence-electron chi connectivity index (χ2n) is 5.38. The van der Waals surface area contributed by atoms with E-state index in [-0.39, 0.29) is 11.3 Å². The Kier molecular flexibility index (Phi) is 4.16. The largest absolute Gasteiger partial charge is 0.508 e. The number of carboxylic acid groups (broad SMARTS) is 1. The van der Waals surface area contributed by atoms with Crippen molar-refractivity contribution in [2.24, 2.45) is 4.99 Å². The zero-order chi connectivity index (χ0) is 17.1. The molecule has 1 aromatic heterocycles. The Morgan fingerprint density at radius 2 is 1.88 bits per heavy atom. The van der Waals surface area contributed by atoms with Gasteiger partial charge in [0.15, 0.2) is 0 Å². The van der Waals surface area contributed by atoms with E-state index in [0.717, 1.165) is 22.6 Å². The molecule has 5 nitrogen and oxygen atoms in total. The van der Waals surface area contributed by atoms with Crippen LogP contribution in [0.1, 0.15) is 21.6 Å².